The minimum absolute atomic E-state index is 0.00476. The number of hydrogen-bond acceptors (Lipinski definition) is 5. The van der Waals surface area contributed by atoms with E-state index in [1.54, 1.807) is 30.3 Å². The van der Waals surface area contributed by atoms with Gasteiger partial charge in [0.1, 0.15) is 12.3 Å². The number of hydrogen-bond donors (Lipinski definition) is 1. The molecule has 2 aromatic carbocycles. The number of benzene rings is 2. The van der Waals surface area contributed by atoms with Gasteiger partial charge in [-0.15, -0.1) is 0 Å². The molecule has 1 heterocycles. The summed E-state index contributed by atoms with van der Waals surface area (Å²) < 4.78 is 10.4. The van der Waals surface area contributed by atoms with E-state index in [0.717, 1.165) is 5.56 Å². The predicted octanol–water partition coefficient (Wildman–Crippen LogP) is 2.07. The van der Waals surface area contributed by atoms with Gasteiger partial charge in [0.05, 0.1) is 24.9 Å². The average Bonchev–Trinajstić information content (AvgIpc) is 2.65. The van der Waals surface area contributed by atoms with E-state index in [4.69, 9.17) is 9.47 Å². The van der Waals surface area contributed by atoms with Gasteiger partial charge in [0, 0.05) is 5.56 Å². The zero-order valence-corrected chi connectivity index (χ0v) is 15.2. The molecule has 0 aliphatic carbocycles. The van der Waals surface area contributed by atoms with E-state index >= 15 is 0 Å². The maximum atomic E-state index is 12.5. The van der Waals surface area contributed by atoms with Gasteiger partial charge in [0.2, 0.25) is 5.91 Å². The molecule has 1 aliphatic rings. The molecule has 0 saturated carbocycles. The average molecular weight is 368 g/mol. The van der Waals surface area contributed by atoms with Crippen molar-refractivity contribution in [1.29, 1.82) is 0 Å². The van der Waals surface area contributed by atoms with Crippen molar-refractivity contribution in [1.82, 2.24) is 0 Å². The lowest BCUT2D eigenvalue weighted by molar-refractivity contribution is -0.147. The maximum Gasteiger partial charge on any atom is 0.310 e. The number of nitrogens with one attached hydrogen (secondary N) is 1. The van der Waals surface area contributed by atoms with Gasteiger partial charge in [-0.05, 0) is 25.1 Å². The summed E-state index contributed by atoms with van der Waals surface area (Å²) in [6, 6.07) is 12.5. The first-order valence-electron chi connectivity index (χ1n) is 8.46. The van der Waals surface area contributed by atoms with Crippen molar-refractivity contribution in [2.24, 2.45) is 0 Å². The number of fused-ring (bicyclic) bond motifs is 1. The fourth-order valence-corrected chi connectivity index (χ4v) is 2.93. The number of ether oxygens (including phenoxy) is 2. The van der Waals surface area contributed by atoms with Gasteiger partial charge in [-0.1, -0.05) is 29.8 Å². The van der Waals surface area contributed by atoms with Crippen LogP contribution in [0.15, 0.2) is 42.5 Å². The minimum Gasteiger partial charge on any atom is -0.496 e. The third-order valence-electron chi connectivity index (χ3n) is 4.20. The molecule has 0 radical (unpaired) electrons. The summed E-state index contributed by atoms with van der Waals surface area (Å²) in [7, 11) is 1.53. The number of aryl methyl sites for hydroxylation is 1. The number of amides is 2. The van der Waals surface area contributed by atoms with Crippen molar-refractivity contribution in [2.75, 3.05) is 30.5 Å². The van der Waals surface area contributed by atoms with Crippen LogP contribution in [0.5, 0.6) is 5.75 Å². The van der Waals surface area contributed by atoms with E-state index in [1.807, 2.05) is 19.1 Å². The van der Waals surface area contributed by atoms with Gasteiger partial charge in [-0.25, -0.2) is 0 Å². The van der Waals surface area contributed by atoms with Crippen molar-refractivity contribution in [3.63, 3.8) is 0 Å². The van der Waals surface area contributed by atoms with Crippen molar-refractivity contribution in [2.45, 2.75) is 13.3 Å². The molecule has 7 heteroatoms. The Balaban J connectivity index is 1.64. The third kappa shape index (κ3) is 4.25. The molecule has 140 valence electrons. The van der Waals surface area contributed by atoms with E-state index in [0.29, 0.717) is 22.7 Å². The summed E-state index contributed by atoms with van der Waals surface area (Å²) in [5.41, 5.74) is 2.82. The van der Waals surface area contributed by atoms with Crippen LogP contribution in [0.1, 0.15) is 11.1 Å². The van der Waals surface area contributed by atoms with Crippen LogP contribution in [0, 0.1) is 6.92 Å². The molecule has 0 unspecified atom stereocenters. The summed E-state index contributed by atoms with van der Waals surface area (Å²) in [5, 5.41) is 2.71. The second kappa shape index (κ2) is 7.90. The summed E-state index contributed by atoms with van der Waals surface area (Å²) in [6.45, 7) is 1.37. The lowest BCUT2D eigenvalue weighted by atomic mass is 10.1. The van der Waals surface area contributed by atoms with Gasteiger partial charge in [0.15, 0.2) is 6.61 Å². The van der Waals surface area contributed by atoms with E-state index in [-0.39, 0.29) is 18.9 Å². The Bertz CT molecular complexity index is 894. The quantitative estimate of drug-likeness (QED) is 0.817. The van der Waals surface area contributed by atoms with Crippen LogP contribution in [-0.4, -0.2) is 38.0 Å². The highest BCUT2D eigenvalue weighted by molar-refractivity contribution is 6.10. The second-order valence-electron chi connectivity index (χ2n) is 6.20. The number of carbonyl (C=O) groups excluding carboxylic acids is 3. The zero-order valence-electron chi connectivity index (χ0n) is 15.2. The van der Waals surface area contributed by atoms with Crippen LogP contribution < -0.4 is 15.0 Å². The van der Waals surface area contributed by atoms with E-state index in [2.05, 4.69) is 5.32 Å². The molecule has 27 heavy (non-hydrogen) atoms. The van der Waals surface area contributed by atoms with Gasteiger partial charge in [-0.2, -0.15) is 0 Å². The SMILES string of the molecule is COc1ccc(C)cc1CC(=O)OCC(=O)N1CC(=O)Nc2ccccc21. The molecule has 2 aromatic rings. The van der Waals surface area contributed by atoms with Gasteiger partial charge in [-0.3, -0.25) is 19.3 Å². The lowest BCUT2D eigenvalue weighted by Gasteiger charge is -2.28. The Labute approximate surface area is 156 Å². The Hall–Kier alpha value is -3.35. The summed E-state index contributed by atoms with van der Waals surface area (Å²) in [6.07, 6.45) is -0.00476. The monoisotopic (exact) mass is 368 g/mol. The molecular formula is C20H20N2O5. The van der Waals surface area contributed by atoms with Gasteiger partial charge < -0.3 is 14.8 Å². The number of anilines is 2. The first kappa shape index (κ1) is 18.4. The Morgan fingerprint density at radius 1 is 1.19 bits per heavy atom. The van der Waals surface area contributed by atoms with Gasteiger partial charge in [0.25, 0.3) is 5.91 Å². The summed E-state index contributed by atoms with van der Waals surface area (Å²) in [5.74, 6) is -0.702. The highest BCUT2D eigenvalue weighted by Crippen LogP contribution is 2.28. The first-order valence-corrected chi connectivity index (χ1v) is 8.46. The molecule has 1 aliphatic heterocycles. The van der Waals surface area contributed by atoms with Crippen LogP contribution in [0.2, 0.25) is 0 Å². The molecule has 7 nitrogen and oxygen atoms in total. The van der Waals surface area contributed by atoms with Crippen LogP contribution in [0.4, 0.5) is 11.4 Å². The second-order valence-corrected chi connectivity index (χ2v) is 6.20. The summed E-state index contributed by atoms with van der Waals surface area (Å²) >= 11 is 0. The Kier molecular flexibility index (Phi) is 5.40. The van der Waals surface area contributed by atoms with E-state index in [9.17, 15) is 14.4 Å². The van der Waals surface area contributed by atoms with E-state index < -0.39 is 18.5 Å². The van der Waals surface area contributed by atoms with Crippen molar-refractivity contribution in [3.05, 3.63) is 53.6 Å². The van der Waals surface area contributed by atoms with Crippen LogP contribution >= 0.6 is 0 Å². The third-order valence-corrected chi connectivity index (χ3v) is 4.20. The number of rotatable bonds is 5. The summed E-state index contributed by atoms with van der Waals surface area (Å²) in [4.78, 5) is 37.8. The zero-order chi connectivity index (χ0) is 19.4. The molecule has 3 rings (SSSR count). The van der Waals surface area contributed by atoms with E-state index in [1.165, 1.54) is 12.0 Å². The van der Waals surface area contributed by atoms with Crippen molar-refractivity contribution >= 4 is 29.2 Å². The molecule has 0 saturated heterocycles. The number of methoxy groups -OCH3 is 1. The molecule has 0 bridgehead atoms. The predicted molar refractivity (Wildman–Crippen MR) is 99.8 cm³/mol. The largest absolute Gasteiger partial charge is 0.496 e. The molecule has 0 spiro atoms. The fraction of sp³-hybridized carbons (Fsp3) is 0.250. The highest BCUT2D eigenvalue weighted by atomic mass is 16.5. The fourth-order valence-electron chi connectivity index (χ4n) is 2.93. The van der Waals surface area contributed by atoms with Crippen LogP contribution in [0.3, 0.4) is 0 Å². The highest BCUT2D eigenvalue weighted by Gasteiger charge is 2.27. The molecule has 0 fully saturated rings. The maximum absolute atomic E-state index is 12.5. The standard InChI is InChI=1S/C20H20N2O5/c1-13-7-8-17(26-2)14(9-13)10-20(25)27-12-19(24)22-11-18(23)21-15-5-3-4-6-16(15)22/h3-9H,10-12H2,1-2H3,(H,21,23). The molecular weight excluding hydrogens is 348 g/mol. The molecule has 0 atom stereocenters. The smallest absolute Gasteiger partial charge is 0.310 e. The van der Waals surface area contributed by atoms with Crippen LogP contribution in [-0.2, 0) is 25.5 Å². The molecule has 2 amide bonds. The lowest BCUT2D eigenvalue weighted by Crippen LogP contribution is -2.44. The first-order chi connectivity index (χ1) is 13.0. The molecule has 1 N–H and O–H groups in total. The number of esters is 1. The van der Waals surface area contributed by atoms with Crippen molar-refractivity contribution in [3.8, 4) is 5.75 Å². The Morgan fingerprint density at radius 2 is 1.96 bits per heavy atom. The topological polar surface area (TPSA) is 84.9 Å². The Morgan fingerprint density at radius 3 is 2.74 bits per heavy atom. The number of para-hydroxylation sites is 2. The number of nitrogens with zero attached hydrogens (tertiary/aromatic N) is 1. The molecule has 0 aromatic heterocycles. The minimum atomic E-state index is -0.540. The van der Waals surface area contributed by atoms with Crippen LogP contribution in [0.25, 0.3) is 0 Å². The normalized spacial score (nSPS) is 12.8. The number of carbonyl (C=O) groups is 3. The van der Waals surface area contributed by atoms with Gasteiger partial charge >= 0.3 is 5.97 Å². The van der Waals surface area contributed by atoms with Crippen molar-refractivity contribution < 1.29 is 23.9 Å².